The average Bonchev–Trinajstić information content (AvgIpc) is 2.71. The van der Waals surface area contributed by atoms with Crippen molar-refractivity contribution in [1.29, 1.82) is 0 Å². The average molecular weight is 309 g/mol. The number of nitrogens with one attached hydrogen (secondary N) is 1. The minimum Gasteiger partial charge on any atom is -0.270 e. The molecule has 0 atom stereocenters. The molecule has 0 radical (unpaired) electrons. The lowest BCUT2D eigenvalue weighted by atomic mass is 10.0. The molecule has 1 heterocycles. The van der Waals surface area contributed by atoms with Crippen LogP contribution in [-0.4, -0.2) is 10.2 Å². The molecule has 0 bridgehead atoms. The molecule has 0 saturated heterocycles. The molecule has 0 spiro atoms. The van der Waals surface area contributed by atoms with Gasteiger partial charge in [0.05, 0.1) is 11.1 Å². The van der Waals surface area contributed by atoms with Crippen molar-refractivity contribution in [2.75, 3.05) is 0 Å². The molecule has 18 heavy (non-hydrogen) atoms. The number of halogens is 3. The largest absolute Gasteiger partial charge is 0.270 e. The highest BCUT2D eigenvalue weighted by Gasteiger charge is 2.12. The zero-order chi connectivity index (χ0) is 12.7. The molecule has 0 saturated carbocycles. The number of aromatic nitrogens is 2. The lowest BCUT2D eigenvalue weighted by Gasteiger charge is -2.05. The first-order valence-electron chi connectivity index (χ1n) is 5.25. The summed E-state index contributed by atoms with van der Waals surface area (Å²) in [5.74, 6) is -1.15. The third kappa shape index (κ3) is 1.71. The predicted molar refractivity (Wildman–Crippen MR) is 69.1 cm³/mol. The van der Waals surface area contributed by atoms with E-state index in [0.717, 1.165) is 10.9 Å². The number of nitrogens with zero attached hydrogens (tertiary/aromatic N) is 1. The number of hydrogen-bond acceptors (Lipinski definition) is 1. The van der Waals surface area contributed by atoms with E-state index in [2.05, 4.69) is 26.1 Å². The van der Waals surface area contributed by atoms with Crippen molar-refractivity contribution in [3.05, 3.63) is 52.6 Å². The Balaban J connectivity index is 2.28. The molecule has 0 aliphatic rings. The molecular formula is C13H7BrF2N2. The number of hydrogen-bond donors (Lipinski definition) is 1. The first-order valence-corrected chi connectivity index (χ1v) is 6.04. The van der Waals surface area contributed by atoms with Crippen molar-refractivity contribution in [1.82, 2.24) is 10.2 Å². The van der Waals surface area contributed by atoms with Crippen LogP contribution >= 0.6 is 15.9 Å². The lowest BCUT2D eigenvalue weighted by molar-refractivity contribution is 0.589. The van der Waals surface area contributed by atoms with Gasteiger partial charge >= 0.3 is 0 Å². The third-order valence-electron chi connectivity index (χ3n) is 2.76. The molecule has 2 nitrogen and oxygen atoms in total. The highest BCUT2D eigenvalue weighted by Crippen LogP contribution is 2.30. The Morgan fingerprint density at radius 1 is 1.06 bits per heavy atom. The molecule has 2 aromatic carbocycles. The summed E-state index contributed by atoms with van der Waals surface area (Å²) in [5.41, 5.74) is 1.20. The molecule has 1 aromatic heterocycles. The van der Waals surface area contributed by atoms with Crippen LogP contribution in [0.5, 0.6) is 0 Å². The highest BCUT2D eigenvalue weighted by atomic mass is 79.9. The van der Waals surface area contributed by atoms with E-state index in [1.54, 1.807) is 18.2 Å². The van der Waals surface area contributed by atoms with Gasteiger partial charge in [0.15, 0.2) is 0 Å². The van der Waals surface area contributed by atoms with E-state index in [-0.39, 0.29) is 5.56 Å². The Kier molecular flexibility index (Phi) is 2.63. The quantitative estimate of drug-likeness (QED) is 0.714. The van der Waals surface area contributed by atoms with Gasteiger partial charge in [0.2, 0.25) is 0 Å². The topological polar surface area (TPSA) is 28.7 Å². The zero-order valence-corrected chi connectivity index (χ0v) is 10.6. The van der Waals surface area contributed by atoms with Gasteiger partial charge in [-0.2, -0.15) is 5.10 Å². The van der Waals surface area contributed by atoms with Crippen LogP contribution in [-0.2, 0) is 0 Å². The van der Waals surface area contributed by atoms with Crippen molar-refractivity contribution in [2.45, 2.75) is 0 Å². The van der Waals surface area contributed by atoms with Crippen LogP contribution in [0, 0.1) is 11.6 Å². The molecule has 0 unspecified atom stereocenters. The van der Waals surface area contributed by atoms with Gasteiger partial charge < -0.3 is 0 Å². The molecule has 3 aromatic rings. The minimum absolute atomic E-state index is 0.0208. The van der Waals surface area contributed by atoms with E-state index in [4.69, 9.17) is 0 Å². The summed E-state index contributed by atoms with van der Waals surface area (Å²) in [6.07, 6.45) is 0. The number of fused-ring (bicyclic) bond motifs is 1. The van der Waals surface area contributed by atoms with E-state index in [0.29, 0.717) is 10.2 Å². The summed E-state index contributed by atoms with van der Waals surface area (Å²) >= 11 is 3.31. The summed E-state index contributed by atoms with van der Waals surface area (Å²) in [4.78, 5) is 0. The number of benzene rings is 2. The summed E-state index contributed by atoms with van der Waals surface area (Å²) in [6.45, 7) is 0. The van der Waals surface area contributed by atoms with E-state index in [1.165, 1.54) is 18.2 Å². The fourth-order valence-corrected chi connectivity index (χ4v) is 2.31. The third-order valence-corrected chi connectivity index (χ3v) is 3.36. The van der Waals surface area contributed by atoms with E-state index in [9.17, 15) is 8.78 Å². The Hall–Kier alpha value is -1.75. The zero-order valence-electron chi connectivity index (χ0n) is 9.05. The molecule has 0 aliphatic heterocycles. The van der Waals surface area contributed by atoms with Gasteiger partial charge in [-0.25, -0.2) is 8.78 Å². The summed E-state index contributed by atoms with van der Waals surface area (Å²) in [5, 5.41) is 7.59. The second kappa shape index (κ2) is 4.17. The lowest BCUT2D eigenvalue weighted by Crippen LogP contribution is -1.89. The fourth-order valence-electron chi connectivity index (χ4n) is 1.91. The predicted octanol–water partition coefficient (Wildman–Crippen LogP) is 4.27. The fraction of sp³-hybridized carbons (Fsp3) is 0. The van der Waals surface area contributed by atoms with Crippen LogP contribution in [0.3, 0.4) is 0 Å². The normalized spacial score (nSPS) is 11.1. The Bertz CT molecular complexity index is 717. The number of aromatic amines is 1. The highest BCUT2D eigenvalue weighted by molar-refractivity contribution is 9.10. The van der Waals surface area contributed by atoms with Gasteiger partial charge in [0, 0.05) is 5.39 Å². The van der Waals surface area contributed by atoms with Crippen molar-refractivity contribution < 1.29 is 8.78 Å². The van der Waals surface area contributed by atoms with Crippen LogP contribution in [0.15, 0.2) is 41.0 Å². The monoisotopic (exact) mass is 308 g/mol. The minimum atomic E-state index is -0.575. The van der Waals surface area contributed by atoms with Gasteiger partial charge in [0.1, 0.15) is 16.2 Å². The Labute approximate surface area is 110 Å². The summed E-state index contributed by atoms with van der Waals surface area (Å²) in [7, 11) is 0. The molecule has 5 heteroatoms. The Morgan fingerprint density at radius 3 is 2.50 bits per heavy atom. The van der Waals surface area contributed by atoms with Crippen molar-refractivity contribution >= 4 is 26.8 Å². The van der Waals surface area contributed by atoms with E-state index >= 15 is 0 Å². The molecule has 0 aliphatic carbocycles. The molecule has 0 fully saturated rings. The first kappa shape index (κ1) is 11.3. The molecule has 90 valence electrons. The standard InChI is InChI=1S/C13H7BrF2N2/c14-13-8-6-7(4-5-11(8)17-18-13)12-9(15)2-1-3-10(12)16/h1-6H,(H,17,18). The summed E-state index contributed by atoms with van der Waals surface area (Å²) in [6, 6.07) is 8.90. The van der Waals surface area contributed by atoms with Gasteiger partial charge in [0.25, 0.3) is 0 Å². The second-order valence-electron chi connectivity index (χ2n) is 3.87. The molecule has 1 N–H and O–H groups in total. The SMILES string of the molecule is Fc1cccc(F)c1-c1ccc2n[nH]c(Br)c2c1. The maximum absolute atomic E-state index is 13.7. The van der Waals surface area contributed by atoms with Crippen LogP contribution < -0.4 is 0 Å². The molecular weight excluding hydrogens is 302 g/mol. The maximum atomic E-state index is 13.7. The van der Waals surface area contributed by atoms with Crippen LogP contribution in [0.1, 0.15) is 0 Å². The van der Waals surface area contributed by atoms with E-state index in [1.807, 2.05) is 0 Å². The molecule has 3 rings (SSSR count). The van der Waals surface area contributed by atoms with Crippen molar-refractivity contribution in [2.24, 2.45) is 0 Å². The van der Waals surface area contributed by atoms with Crippen molar-refractivity contribution in [3.8, 4) is 11.1 Å². The molecule has 0 amide bonds. The maximum Gasteiger partial charge on any atom is 0.133 e. The summed E-state index contributed by atoms with van der Waals surface area (Å²) < 4.78 is 28.1. The Morgan fingerprint density at radius 2 is 1.78 bits per heavy atom. The second-order valence-corrected chi connectivity index (χ2v) is 4.66. The number of H-pyrrole nitrogens is 1. The van der Waals surface area contributed by atoms with Crippen LogP contribution in [0.2, 0.25) is 0 Å². The van der Waals surface area contributed by atoms with Gasteiger partial charge in [-0.15, -0.1) is 0 Å². The van der Waals surface area contributed by atoms with Crippen LogP contribution in [0.4, 0.5) is 8.78 Å². The van der Waals surface area contributed by atoms with Gasteiger partial charge in [-0.05, 0) is 45.8 Å². The first-order chi connectivity index (χ1) is 8.66. The number of rotatable bonds is 1. The van der Waals surface area contributed by atoms with Gasteiger partial charge in [-0.3, -0.25) is 5.10 Å². The smallest absolute Gasteiger partial charge is 0.133 e. The van der Waals surface area contributed by atoms with Crippen molar-refractivity contribution in [3.63, 3.8) is 0 Å². The van der Waals surface area contributed by atoms with E-state index < -0.39 is 11.6 Å². The van der Waals surface area contributed by atoms with Crippen LogP contribution in [0.25, 0.3) is 22.0 Å². The van der Waals surface area contributed by atoms with Gasteiger partial charge in [-0.1, -0.05) is 12.1 Å².